The van der Waals surface area contributed by atoms with E-state index in [1.165, 1.54) is 0 Å². The molecule has 14 heavy (non-hydrogen) atoms. The molecule has 1 atom stereocenters. The van der Waals surface area contributed by atoms with E-state index in [0.717, 1.165) is 0 Å². The van der Waals surface area contributed by atoms with Crippen molar-refractivity contribution in [2.24, 2.45) is 7.05 Å². The Kier molecular flexibility index (Phi) is 3.26. The molecule has 80 valence electrons. The fourth-order valence-electron chi connectivity index (χ4n) is 1.10. The van der Waals surface area contributed by atoms with Crippen molar-refractivity contribution in [3.63, 3.8) is 0 Å². The summed E-state index contributed by atoms with van der Waals surface area (Å²) in [4.78, 5) is 0. The molecule has 0 fully saturated rings. The Bertz CT molecular complexity index is 288. The lowest BCUT2D eigenvalue weighted by atomic mass is 10.1. The molecule has 3 nitrogen and oxygen atoms in total. The van der Waals surface area contributed by atoms with Crippen molar-refractivity contribution in [2.45, 2.75) is 32.5 Å². The van der Waals surface area contributed by atoms with Crippen LogP contribution in [0.2, 0.25) is 0 Å². The van der Waals surface area contributed by atoms with Gasteiger partial charge in [0.2, 0.25) is 0 Å². The summed E-state index contributed by atoms with van der Waals surface area (Å²) in [5.74, 6) is 0. The van der Waals surface area contributed by atoms with Gasteiger partial charge in [0, 0.05) is 25.3 Å². The summed E-state index contributed by atoms with van der Waals surface area (Å²) in [6.07, 6.45) is 0.717. The molecule has 1 rings (SSSR count). The SMILES string of the molecule is Cn1ccc(C(F)CNC(C)(C)C)n1. The number of nitrogens with zero attached hydrogens (tertiary/aromatic N) is 2. The largest absolute Gasteiger partial charge is 0.309 e. The van der Waals surface area contributed by atoms with Crippen LogP contribution in [0.3, 0.4) is 0 Å². The second-order valence-electron chi connectivity index (χ2n) is 4.51. The maximum absolute atomic E-state index is 13.5. The molecule has 0 radical (unpaired) electrons. The van der Waals surface area contributed by atoms with Gasteiger partial charge in [0.15, 0.2) is 6.17 Å². The van der Waals surface area contributed by atoms with Crippen molar-refractivity contribution in [1.29, 1.82) is 0 Å². The summed E-state index contributed by atoms with van der Waals surface area (Å²) in [7, 11) is 1.79. The lowest BCUT2D eigenvalue weighted by Gasteiger charge is -2.21. The van der Waals surface area contributed by atoms with E-state index in [4.69, 9.17) is 0 Å². The smallest absolute Gasteiger partial charge is 0.156 e. The van der Waals surface area contributed by atoms with Crippen LogP contribution in [0.15, 0.2) is 12.3 Å². The van der Waals surface area contributed by atoms with Crippen LogP contribution in [0, 0.1) is 0 Å². The van der Waals surface area contributed by atoms with Crippen LogP contribution >= 0.6 is 0 Å². The molecule has 0 aliphatic heterocycles. The lowest BCUT2D eigenvalue weighted by molar-refractivity contribution is 0.285. The fraction of sp³-hybridized carbons (Fsp3) is 0.700. The summed E-state index contributed by atoms with van der Waals surface area (Å²) >= 11 is 0. The third-order valence-electron chi connectivity index (χ3n) is 1.87. The molecule has 1 aromatic rings. The Balaban J connectivity index is 2.47. The summed E-state index contributed by atoms with van der Waals surface area (Å²) in [6, 6.07) is 1.70. The Morgan fingerprint density at radius 1 is 1.57 bits per heavy atom. The minimum Gasteiger partial charge on any atom is -0.309 e. The monoisotopic (exact) mass is 199 g/mol. The van der Waals surface area contributed by atoms with Crippen LogP contribution < -0.4 is 5.32 Å². The molecular formula is C10H18FN3. The molecule has 4 heteroatoms. The summed E-state index contributed by atoms with van der Waals surface area (Å²) in [5.41, 5.74) is 0.434. The first-order valence-corrected chi connectivity index (χ1v) is 4.77. The van der Waals surface area contributed by atoms with Gasteiger partial charge >= 0.3 is 0 Å². The van der Waals surface area contributed by atoms with E-state index in [1.54, 1.807) is 24.0 Å². The fourth-order valence-corrected chi connectivity index (χ4v) is 1.10. The van der Waals surface area contributed by atoms with Gasteiger partial charge in [-0.1, -0.05) is 0 Å². The van der Waals surface area contributed by atoms with Crippen molar-refractivity contribution in [3.8, 4) is 0 Å². The average Bonchev–Trinajstić information content (AvgIpc) is 2.46. The second kappa shape index (κ2) is 4.09. The third-order valence-corrected chi connectivity index (χ3v) is 1.87. The van der Waals surface area contributed by atoms with Gasteiger partial charge in [-0.2, -0.15) is 5.10 Å². The normalized spacial score (nSPS) is 14.4. The lowest BCUT2D eigenvalue weighted by Crippen LogP contribution is -2.37. The zero-order chi connectivity index (χ0) is 10.8. The van der Waals surface area contributed by atoms with Gasteiger partial charge in [0.1, 0.15) is 0 Å². The molecule has 1 N–H and O–H groups in total. The van der Waals surface area contributed by atoms with Crippen molar-refractivity contribution in [1.82, 2.24) is 15.1 Å². The Morgan fingerprint density at radius 3 is 2.64 bits per heavy atom. The summed E-state index contributed by atoms with van der Waals surface area (Å²) in [5, 5.41) is 7.12. The van der Waals surface area contributed by atoms with Gasteiger partial charge < -0.3 is 5.32 Å². The van der Waals surface area contributed by atoms with Crippen LogP contribution in [0.25, 0.3) is 0 Å². The van der Waals surface area contributed by atoms with Gasteiger partial charge in [-0.3, -0.25) is 4.68 Å². The molecule has 0 bridgehead atoms. The number of alkyl halides is 1. The first kappa shape index (κ1) is 11.2. The molecular weight excluding hydrogens is 181 g/mol. The van der Waals surface area contributed by atoms with Crippen LogP contribution in [-0.2, 0) is 7.05 Å². The number of aryl methyl sites for hydroxylation is 1. The number of halogens is 1. The highest BCUT2D eigenvalue weighted by atomic mass is 19.1. The Hall–Kier alpha value is -0.900. The molecule has 0 aliphatic carbocycles. The van der Waals surface area contributed by atoms with Crippen molar-refractivity contribution in [3.05, 3.63) is 18.0 Å². The first-order chi connectivity index (χ1) is 6.38. The van der Waals surface area contributed by atoms with E-state index >= 15 is 0 Å². The van der Waals surface area contributed by atoms with Gasteiger partial charge in [0.05, 0.1) is 5.69 Å². The Labute approximate surface area is 84.3 Å². The topological polar surface area (TPSA) is 29.9 Å². The minimum absolute atomic E-state index is 0.0564. The highest BCUT2D eigenvalue weighted by molar-refractivity contribution is 5.03. The van der Waals surface area contributed by atoms with E-state index in [9.17, 15) is 4.39 Å². The molecule has 0 saturated carbocycles. The summed E-state index contributed by atoms with van der Waals surface area (Å²) in [6.45, 7) is 6.34. The van der Waals surface area contributed by atoms with Gasteiger partial charge in [0.25, 0.3) is 0 Å². The van der Waals surface area contributed by atoms with Crippen LogP contribution in [0.4, 0.5) is 4.39 Å². The Morgan fingerprint density at radius 2 is 2.21 bits per heavy atom. The van der Waals surface area contributed by atoms with Crippen molar-refractivity contribution in [2.75, 3.05) is 6.54 Å². The van der Waals surface area contributed by atoms with E-state index in [1.807, 2.05) is 20.8 Å². The number of rotatable bonds is 3. The standard InChI is InChI=1S/C10H18FN3/c1-10(2,3)12-7-8(11)9-5-6-14(4)13-9/h5-6,8,12H,7H2,1-4H3. The molecule has 0 amide bonds. The third kappa shape index (κ3) is 3.46. The zero-order valence-electron chi connectivity index (χ0n) is 9.21. The molecule has 0 saturated heterocycles. The van der Waals surface area contributed by atoms with Crippen molar-refractivity contribution < 1.29 is 4.39 Å². The molecule has 1 unspecified atom stereocenters. The average molecular weight is 199 g/mol. The first-order valence-electron chi connectivity index (χ1n) is 4.77. The number of aromatic nitrogens is 2. The highest BCUT2D eigenvalue weighted by Crippen LogP contribution is 2.14. The van der Waals surface area contributed by atoms with Gasteiger partial charge in [-0.25, -0.2) is 4.39 Å². The highest BCUT2D eigenvalue weighted by Gasteiger charge is 2.16. The van der Waals surface area contributed by atoms with Crippen LogP contribution in [0.5, 0.6) is 0 Å². The molecule has 0 aliphatic rings. The van der Waals surface area contributed by atoms with E-state index in [0.29, 0.717) is 12.2 Å². The molecule has 1 aromatic heterocycles. The van der Waals surface area contributed by atoms with E-state index in [-0.39, 0.29) is 5.54 Å². The van der Waals surface area contributed by atoms with E-state index < -0.39 is 6.17 Å². The maximum atomic E-state index is 13.5. The number of hydrogen-bond acceptors (Lipinski definition) is 2. The van der Waals surface area contributed by atoms with Crippen LogP contribution in [0.1, 0.15) is 32.6 Å². The maximum Gasteiger partial charge on any atom is 0.156 e. The second-order valence-corrected chi connectivity index (χ2v) is 4.51. The predicted octanol–water partition coefficient (Wildman–Crippen LogP) is 1.82. The number of nitrogens with one attached hydrogen (secondary N) is 1. The zero-order valence-corrected chi connectivity index (χ0v) is 9.21. The molecule has 1 heterocycles. The minimum atomic E-state index is -1.03. The van der Waals surface area contributed by atoms with Gasteiger partial charge in [-0.15, -0.1) is 0 Å². The molecule has 0 aromatic carbocycles. The number of hydrogen-bond donors (Lipinski definition) is 1. The van der Waals surface area contributed by atoms with Crippen molar-refractivity contribution >= 4 is 0 Å². The predicted molar refractivity (Wildman–Crippen MR) is 54.8 cm³/mol. The van der Waals surface area contributed by atoms with Crippen LogP contribution in [-0.4, -0.2) is 21.9 Å². The summed E-state index contributed by atoms with van der Waals surface area (Å²) < 4.78 is 15.2. The van der Waals surface area contributed by atoms with Gasteiger partial charge in [-0.05, 0) is 26.8 Å². The van der Waals surface area contributed by atoms with E-state index in [2.05, 4.69) is 10.4 Å². The molecule has 0 spiro atoms. The quantitative estimate of drug-likeness (QED) is 0.804.